The Morgan fingerprint density at radius 2 is 1.28 bits per heavy atom. The lowest BCUT2D eigenvalue weighted by Gasteiger charge is -2.25. The second-order valence-electron chi connectivity index (χ2n) is 7.37. The number of ether oxygens (including phenoxy) is 2. The van der Waals surface area contributed by atoms with Gasteiger partial charge in [0.15, 0.2) is 6.04 Å². The van der Waals surface area contributed by atoms with Crippen molar-refractivity contribution in [3.63, 3.8) is 0 Å². The van der Waals surface area contributed by atoms with Crippen LogP contribution in [0.2, 0.25) is 0 Å². The molecule has 0 spiro atoms. The van der Waals surface area contributed by atoms with Gasteiger partial charge in [-0.2, -0.15) is 0 Å². The maximum absolute atomic E-state index is 13.1. The average Bonchev–Trinajstić information content (AvgIpc) is 2.69. The van der Waals surface area contributed by atoms with Crippen LogP contribution in [-0.4, -0.2) is 30.7 Å². The number of hydrogen-bond donors (Lipinski definition) is 2. The number of rotatable bonds is 6. The van der Waals surface area contributed by atoms with Gasteiger partial charge >= 0.3 is 12.1 Å². The standard InChI is InChI=1S/C22H26N2O5/c1-22(2,3)29-21(27)24-17(15-11-7-5-8-12-15)19(25)23-18(20(26)28-4)16-13-9-6-10-14-16/h5-14,17-18H,1-4H3,(H,23,25)(H,24,27)/t17-,18-/m1/s1. The molecule has 2 N–H and O–H groups in total. The lowest BCUT2D eigenvalue weighted by molar-refractivity contribution is -0.145. The van der Waals surface area contributed by atoms with Crippen LogP contribution in [0.5, 0.6) is 0 Å². The number of carbonyl (C=O) groups excluding carboxylic acids is 3. The number of methoxy groups -OCH3 is 1. The maximum atomic E-state index is 13.1. The van der Waals surface area contributed by atoms with Crippen LogP contribution in [0.15, 0.2) is 60.7 Å². The molecule has 2 amide bonds. The Balaban J connectivity index is 2.28. The van der Waals surface area contributed by atoms with Crippen molar-refractivity contribution >= 4 is 18.0 Å². The zero-order valence-corrected chi connectivity index (χ0v) is 17.0. The first kappa shape index (κ1) is 21.9. The number of alkyl carbamates (subject to hydrolysis) is 1. The molecule has 0 aliphatic rings. The van der Waals surface area contributed by atoms with Crippen LogP contribution in [0.1, 0.15) is 44.0 Å². The highest BCUT2D eigenvalue weighted by Gasteiger charge is 2.30. The molecule has 0 saturated heterocycles. The summed E-state index contributed by atoms with van der Waals surface area (Å²) < 4.78 is 10.1. The van der Waals surface area contributed by atoms with Gasteiger partial charge in [-0.1, -0.05) is 60.7 Å². The minimum absolute atomic E-state index is 0.549. The number of nitrogens with one attached hydrogen (secondary N) is 2. The summed E-state index contributed by atoms with van der Waals surface area (Å²) in [6.07, 6.45) is -0.740. The molecule has 0 saturated carbocycles. The molecule has 7 heteroatoms. The van der Waals surface area contributed by atoms with Gasteiger partial charge in [-0.15, -0.1) is 0 Å². The van der Waals surface area contributed by atoms with Crippen molar-refractivity contribution in [1.29, 1.82) is 0 Å². The Kier molecular flexibility index (Phi) is 7.36. The van der Waals surface area contributed by atoms with Gasteiger partial charge in [0.25, 0.3) is 0 Å². The van der Waals surface area contributed by atoms with Crippen LogP contribution in [-0.2, 0) is 19.1 Å². The smallest absolute Gasteiger partial charge is 0.408 e. The van der Waals surface area contributed by atoms with Gasteiger partial charge in [-0.3, -0.25) is 4.79 Å². The van der Waals surface area contributed by atoms with E-state index in [-0.39, 0.29) is 0 Å². The van der Waals surface area contributed by atoms with Crippen molar-refractivity contribution < 1.29 is 23.9 Å². The first-order chi connectivity index (χ1) is 13.7. The van der Waals surface area contributed by atoms with E-state index in [4.69, 9.17) is 9.47 Å². The molecule has 0 aromatic heterocycles. The van der Waals surface area contributed by atoms with Crippen molar-refractivity contribution in [3.05, 3.63) is 71.8 Å². The van der Waals surface area contributed by atoms with Crippen LogP contribution in [0.3, 0.4) is 0 Å². The van der Waals surface area contributed by atoms with Crippen molar-refractivity contribution in [1.82, 2.24) is 10.6 Å². The summed E-state index contributed by atoms with van der Waals surface area (Å²) in [5.74, 6) is -1.19. The fourth-order valence-corrected chi connectivity index (χ4v) is 2.64. The normalized spacial score (nSPS) is 13.0. The second kappa shape index (κ2) is 9.73. The van der Waals surface area contributed by atoms with Crippen molar-refractivity contribution in [2.24, 2.45) is 0 Å². The molecule has 0 aliphatic heterocycles. The predicted molar refractivity (Wildman–Crippen MR) is 108 cm³/mol. The Morgan fingerprint density at radius 3 is 1.72 bits per heavy atom. The maximum Gasteiger partial charge on any atom is 0.408 e. The molecule has 0 fully saturated rings. The molecule has 0 radical (unpaired) electrons. The van der Waals surface area contributed by atoms with Crippen LogP contribution in [0.4, 0.5) is 4.79 Å². The van der Waals surface area contributed by atoms with Gasteiger partial charge < -0.3 is 20.1 Å². The fraction of sp³-hybridized carbons (Fsp3) is 0.318. The summed E-state index contributed by atoms with van der Waals surface area (Å²) in [6, 6.07) is 15.4. The molecule has 2 aromatic carbocycles. The third-order valence-corrected chi connectivity index (χ3v) is 3.91. The quantitative estimate of drug-likeness (QED) is 0.729. The average molecular weight is 398 g/mol. The first-order valence-electron chi connectivity index (χ1n) is 9.19. The largest absolute Gasteiger partial charge is 0.467 e. The third-order valence-electron chi connectivity index (χ3n) is 3.91. The molecule has 29 heavy (non-hydrogen) atoms. The summed E-state index contributed by atoms with van der Waals surface area (Å²) in [5.41, 5.74) is 0.393. The van der Waals surface area contributed by atoms with Crippen molar-refractivity contribution in [3.8, 4) is 0 Å². The van der Waals surface area contributed by atoms with E-state index in [1.807, 2.05) is 0 Å². The zero-order chi connectivity index (χ0) is 21.4. The van der Waals surface area contributed by atoms with Crippen LogP contribution >= 0.6 is 0 Å². The molecule has 0 unspecified atom stereocenters. The molecule has 2 rings (SSSR count). The Bertz CT molecular complexity index is 831. The zero-order valence-electron chi connectivity index (χ0n) is 17.0. The summed E-state index contributed by atoms with van der Waals surface area (Å²) in [6.45, 7) is 5.19. The Labute approximate surface area is 170 Å². The molecule has 154 valence electrons. The minimum atomic E-state index is -1.05. The van der Waals surface area contributed by atoms with Gasteiger partial charge in [0, 0.05) is 0 Å². The van der Waals surface area contributed by atoms with Crippen LogP contribution < -0.4 is 10.6 Å². The highest BCUT2D eigenvalue weighted by Crippen LogP contribution is 2.19. The molecule has 0 bridgehead atoms. The van der Waals surface area contributed by atoms with E-state index in [2.05, 4.69) is 10.6 Å². The van der Waals surface area contributed by atoms with Crippen LogP contribution in [0, 0.1) is 0 Å². The van der Waals surface area contributed by atoms with Gasteiger partial charge in [0.05, 0.1) is 7.11 Å². The second-order valence-corrected chi connectivity index (χ2v) is 7.37. The fourth-order valence-electron chi connectivity index (χ4n) is 2.64. The lowest BCUT2D eigenvalue weighted by Crippen LogP contribution is -2.45. The van der Waals surface area contributed by atoms with Crippen LogP contribution in [0.25, 0.3) is 0 Å². The molecule has 2 atom stereocenters. The molecular weight excluding hydrogens is 372 g/mol. The highest BCUT2D eigenvalue weighted by atomic mass is 16.6. The summed E-state index contributed by atoms with van der Waals surface area (Å²) >= 11 is 0. The van der Waals surface area contributed by atoms with E-state index in [0.717, 1.165) is 0 Å². The van der Waals surface area contributed by atoms with E-state index in [1.165, 1.54) is 7.11 Å². The summed E-state index contributed by atoms with van der Waals surface area (Å²) in [5, 5.41) is 5.25. The highest BCUT2D eigenvalue weighted by molar-refractivity contribution is 5.91. The number of hydrogen-bond acceptors (Lipinski definition) is 5. The van der Waals surface area contributed by atoms with E-state index in [1.54, 1.807) is 81.4 Å². The minimum Gasteiger partial charge on any atom is -0.467 e. The van der Waals surface area contributed by atoms with Crippen molar-refractivity contribution in [2.75, 3.05) is 7.11 Å². The van der Waals surface area contributed by atoms with Gasteiger partial charge in [0.2, 0.25) is 5.91 Å². The molecule has 2 aromatic rings. The number of carbonyl (C=O) groups is 3. The Hall–Kier alpha value is -3.35. The predicted octanol–water partition coefficient (Wildman–Crippen LogP) is 3.28. The first-order valence-corrected chi connectivity index (χ1v) is 9.19. The van der Waals surface area contributed by atoms with E-state index < -0.39 is 35.7 Å². The number of esters is 1. The summed E-state index contributed by atoms with van der Waals surface area (Å²) in [4.78, 5) is 37.6. The van der Waals surface area contributed by atoms with E-state index in [0.29, 0.717) is 11.1 Å². The van der Waals surface area contributed by atoms with Gasteiger partial charge in [0.1, 0.15) is 11.6 Å². The monoisotopic (exact) mass is 398 g/mol. The summed E-state index contributed by atoms with van der Waals surface area (Å²) in [7, 11) is 1.25. The molecule has 7 nitrogen and oxygen atoms in total. The number of benzene rings is 2. The topological polar surface area (TPSA) is 93.7 Å². The van der Waals surface area contributed by atoms with Crippen molar-refractivity contribution in [2.45, 2.75) is 38.5 Å². The Morgan fingerprint density at radius 1 is 0.793 bits per heavy atom. The van der Waals surface area contributed by atoms with Gasteiger partial charge in [-0.25, -0.2) is 9.59 Å². The van der Waals surface area contributed by atoms with E-state index >= 15 is 0 Å². The molecule has 0 heterocycles. The lowest BCUT2D eigenvalue weighted by atomic mass is 10.0. The number of amides is 2. The SMILES string of the molecule is COC(=O)[C@H](NC(=O)[C@H](NC(=O)OC(C)(C)C)c1ccccc1)c1ccccc1. The molecule has 0 aliphatic carbocycles. The molecular formula is C22H26N2O5. The third kappa shape index (κ3) is 6.64. The van der Waals surface area contributed by atoms with E-state index in [9.17, 15) is 14.4 Å². The van der Waals surface area contributed by atoms with Gasteiger partial charge in [-0.05, 0) is 31.9 Å².